The number of esters is 2. The molecule has 18 heavy (non-hydrogen) atoms. The molecule has 0 radical (unpaired) electrons. The maximum absolute atomic E-state index is 11.2. The lowest BCUT2D eigenvalue weighted by Gasteiger charge is -2.16. The highest BCUT2D eigenvalue weighted by molar-refractivity contribution is 5.87. The zero-order valence-electron chi connectivity index (χ0n) is 9.86. The van der Waals surface area contributed by atoms with E-state index in [1.54, 1.807) is 0 Å². The minimum atomic E-state index is -1.73. The molecule has 1 aromatic heterocycles. The first kappa shape index (κ1) is 14.1. The number of rotatable bonds is 4. The molecule has 7 heteroatoms. The third-order valence-electron chi connectivity index (χ3n) is 2.26. The number of aliphatic hydroxyl groups excluding tert-OH is 2. The van der Waals surface area contributed by atoms with E-state index in [0.29, 0.717) is 0 Å². The second-order valence-electron chi connectivity index (χ2n) is 3.38. The molecule has 0 aliphatic rings. The number of aliphatic hydroxyl groups is 2. The minimum absolute atomic E-state index is 0.0360. The van der Waals surface area contributed by atoms with Gasteiger partial charge in [-0.25, -0.2) is 14.6 Å². The third kappa shape index (κ3) is 3.02. The van der Waals surface area contributed by atoms with Gasteiger partial charge in [-0.1, -0.05) is 0 Å². The van der Waals surface area contributed by atoms with Gasteiger partial charge in [-0.3, -0.25) is 0 Å². The zero-order chi connectivity index (χ0) is 13.7. The largest absolute Gasteiger partial charge is 0.467 e. The molecule has 0 fully saturated rings. The standard InChI is InChI=1S/C11H13NO6/c1-17-10(15)7-5-6(3-4-12-7)8(13)9(14)11(16)18-2/h3-5,8-9,13-14H,1-2H3. The Morgan fingerprint density at radius 3 is 2.50 bits per heavy atom. The fraction of sp³-hybridized carbons (Fsp3) is 0.364. The minimum Gasteiger partial charge on any atom is -0.467 e. The first-order chi connectivity index (χ1) is 8.51. The van der Waals surface area contributed by atoms with Crippen LogP contribution < -0.4 is 0 Å². The summed E-state index contributed by atoms with van der Waals surface area (Å²) in [6.45, 7) is 0. The predicted molar refractivity (Wildman–Crippen MR) is 58.6 cm³/mol. The lowest BCUT2D eigenvalue weighted by atomic mass is 10.0. The summed E-state index contributed by atoms with van der Waals surface area (Å²) in [6, 6.07) is 2.59. The van der Waals surface area contributed by atoms with Crippen LogP contribution in [0.5, 0.6) is 0 Å². The van der Waals surface area contributed by atoms with Crippen LogP contribution in [0.1, 0.15) is 22.2 Å². The van der Waals surface area contributed by atoms with Crippen molar-refractivity contribution in [2.45, 2.75) is 12.2 Å². The molecule has 0 amide bonds. The summed E-state index contributed by atoms with van der Waals surface area (Å²) < 4.78 is 8.76. The van der Waals surface area contributed by atoms with E-state index in [-0.39, 0.29) is 11.3 Å². The molecule has 0 spiro atoms. The molecule has 0 aliphatic heterocycles. The molecule has 98 valence electrons. The van der Waals surface area contributed by atoms with Crippen LogP contribution in [0.4, 0.5) is 0 Å². The maximum atomic E-state index is 11.2. The lowest BCUT2D eigenvalue weighted by Crippen LogP contribution is -2.29. The first-order valence-electron chi connectivity index (χ1n) is 4.99. The quantitative estimate of drug-likeness (QED) is 0.694. The summed E-state index contributed by atoms with van der Waals surface area (Å²) in [5.74, 6) is -1.66. The molecule has 2 N–H and O–H groups in total. The van der Waals surface area contributed by atoms with E-state index < -0.39 is 24.1 Å². The molecule has 2 unspecified atom stereocenters. The topological polar surface area (TPSA) is 106 Å². The van der Waals surface area contributed by atoms with Crippen molar-refractivity contribution in [1.29, 1.82) is 0 Å². The monoisotopic (exact) mass is 255 g/mol. The predicted octanol–water partition coefficient (Wildman–Crippen LogP) is -0.565. The van der Waals surface area contributed by atoms with Gasteiger partial charge in [0.15, 0.2) is 6.10 Å². The van der Waals surface area contributed by atoms with Crippen LogP contribution in [0.2, 0.25) is 0 Å². The lowest BCUT2D eigenvalue weighted by molar-refractivity contribution is -0.156. The van der Waals surface area contributed by atoms with Crippen LogP contribution >= 0.6 is 0 Å². The number of pyridine rings is 1. The summed E-state index contributed by atoms with van der Waals surface area (Å²) >= 11 is 0. The number of nitrogens with zero attached hydrogens (tertiary/aromatic N) is 1. The molecule has 1 aromatic rings. The van der Waals surface area contributed by atoms with Gasteiger partial charge in [0.1, 0.15) is 11.8 Å². The van der Waals surface area contributed by atoms with Crippen molar-refractivity contribution < 1.29 is 29.3 Å². The summed E-state index contributed by atoms with van der Waals surface area (Å²) in [5.41, 5.74) is 0.120. The van der Waals surface area contributed by atoms with E-state index in [2.05, 4.69) is 14.5 Å². The third-order valence-corrected chi connectivity index (χ3v) is 2.26. The SMILES string of the molecule is COC(=O)c1cc(C(O)C(O)C(=O)OC)ccn1. The second kappa shape index (κ2) is 6.08. The smallest absolute Gasteiger partial charge is 0.356 e. The Hall–Kier alpha value is -1.99. The van der Waals surface area contributed by atoms with Crippen LogP contribution in [0.3, 0.4) is 0 Å². The number of ether oxygens (including phenoxy) is 2. The molecule has 0 aromatic carbocycles. The number of carbonyl (C=O) groups excluding carboxylic acids is 2. The first-order valence-corrected chi connectivity index (χ1v) is 4.99. The van der Waals surface area contributed by atoms with Crippen LogP contribution in [-0.2, 0) is 14.3 Å². The van der Waals surface area contributed by atoms with E-state index in [4.69, 9.17) is 0 Å². The fourth-order valence-corrected chi connectivity index (χ4v) is 1.28. The number of hydrogen-bond acceptors (Lipinski definition) is 7. The summed E-state index contributed by atoms with van der Waals surface area (Å²) in [4.78, 5) is 26.0. The van der Waals surface area contributed by atoms with E-state index in [0.717, 1.165) is 7.11 Å². The van der Waals surface area contributed by atoms with Crippen molar-refractivity contribution in [2.24, 2.45) is 0 Å². The Morgan fingerprint density at radius 1 is 1.28 bits per heavy atom. The Labute approximate surface area is 103 Å². The van der Waals surface area contributed by atoms with E-state index in [1.165, 1.54) is 25.4 Å². The van der Waals surface area contributed by atoms with Crippen molar-refractivity contribution in [3.05, 3.63) is 29.6 Å². The maximum Gasteiger partial charge on any atom is 0.356 e. The van der Waals surface area contributed by atoms with Crippen molar-refractivity contribution >= 4 is 11.9 Å². The van der Waals surface area contributed by atoms with Gasteiger partial charge in [0, 0.05) is 6.20 Å². The highest BCUT2D eigenvalue weighted by Gasteiger charge is 2.27. The average molecular weight is 255 g/mol. The Morgan fingerprint density at radius 2 is 1.94 bits per heavy atom. The number of carbonyl (C=O) groups is 2. The van der Waals surface area contributed by atoms with Gasteiger partial charge < -0.3 is 19.7 Å². The Balaban J connectivity index is 2.96. The highest BCUT2D eigenvalue weighted by Crippen LogP contribution is 2.18. The normalized spacial score (nSPS) is 13.6. The number of methoxy groups -OCH3 is 2. The van der Waals surface area contributed by atoms with Crippen molar-refractivity contribution in [3.63, 3.8) is 0 Å². The molecule has 0 aliphatic carbocycles. The molecular formula is C11H13NO6. The summed E-state index contributed by atoms with van der Waals surface area (Å²) in [7, 11) is 2.28. The summed E-state index contributed by atoms with van der Waals surface area (Å²) in [5, 5.41) is 19.2. The van der Waals surface area contributed by atoms with Gasteiger partial charge in [-0.2, -0.15) is 0 Å². The van der Waals surface area contributed by atoms with Crippen LogP contribution in [0.15, 0.2) is 18.3 Å². The van der Waals surface area contributed by atoms with Gasteiger partial charge in [0.05, 0.1) is 14.2 Å². The molecule has 0 saturated carbocycles. The second-order valence-corrected chi connectivity index (χ2v) is 3.38. The molecule has 0 saturated heterocycles. The molecule has 0 bridgehead atoms. The van der Waals surface area contributed by atoms with Gasteiger partial charge in [0.25, 0.3) is 0 Å². The average Bonchev–Trinajstić information content (AvgIpc) is 2.43. The Bertz CT molecular complexity index is 447. The molecule has 7 nitrogen and oxygen atoms in total. The summed E-state index contributed by atoms with van der Waals surface area (Å²) in [6.07, 6.45) is -1.99. The zero-order valence-corrected chi connectivity index (χ0v) is 9.86. The molecular weight excluding hydrogens is 242 g/mol. The van der Waals surface area contributed by atoms with Crippen molar-refractivity contribution in [2.75, 3.05) is 14.2 Å². The fourth-order valence-electron chi connectivity index (χ4n) is 1.28. The highest BCUT2D eigenvalue weighted by atomic mass is 16.5. The van der Waals surface area contributed by atoms with Crippen LogP contribution in [0.25, 0.3) is 0 Å². The number of aromatic nitrogens is 1. The van der Waals surface area contributed by atoms with Gasteiger partial charge in [-0.15, -0.1) is 0 Å². The van der Waals surface area contributed by atoms with Gasteiger partial charge in [-0.05, 0) is 17.7 Å². The number of hydrogen-bond donors (Lipinski definition) is 2. The van der Waals surface area contributed by atoms with E-state index >= 15 is 0 Å². The van der Waals surface area contributed by atoms with Gasteiger partial charge >= 0.3 is 11.9 Å². The molecule has 1 heterocycles. The van der Waals surface area contributed by atoms with E-state index in [1.807, 2.05) is 0 Å². The van der Waals surface area contributed by atoms with Gasteiger partial charge in [0.2, 0.25) is 0 Å². The van der Waals surface area contributed by atoms with Crippen LogP contribution in [-0.4, -0.2) is 47.5 Å². The van der Waals surface area contributed by atoms with Crippen molar-refractivity contribution in [3.8, 4) is 0 Å². The van der Waals surface area contributed by atoms with Crippen molar-refractivity contribution in [1.82, 2.24) is 4.98 Å². The van der Waals surface area contributed by atoms with Crippen LogP contribution in [0, 0.1) is 0 Å². The Kier molecular flexibility index (Phi) is 4.75. The molecule has 1 rings (SSSR count). The van der Waals surface area contributed by atoms with E-state index in [9.17, 15) is 19.8 Å². The molecule has 2 atom stereocenters.